The molecular weight excluding hydrogens is 242 g/mol. The number of nitrogens with one attached hydrogen (secondary N) is 1. The second-order valence-corrected chi connectivity index (χ2v) is 5.57. The van der Waals surface area contributed by atoms with Gasteiger partial charge in [0.15, 0.2) is 0 Å². The molecule has 1 atom stereocenters. The first-order valence-electron chi connectivity index (χ1n) is 7.60. The molecule has 0 bridgehead atoms. The molecule has 0 saturated heterocycles. The van der Waals surface area contributed by atoms with Crippen molar-refractivity contribution in [2.24, 2.45) is 5.92 Å². The molecule has 4 nitrogen and oxygen atoms in total. The van der Waals surface area contributed by atoms with Gasteiger partial charge in [0.2, 0.25) is 0 Å². The number of ether oxygens (including phenoxy) is 2. The minimum absolute atomic E-state index is 0.186. The number of esters is 1. The highest BCUT2D eigenvalue weighted by atomic mass is 16.5. The van der Waals surface area contributed by atoms with Crippen LogP contribution in [0.1, 0.15) is 52.4 Å². The maximum absolute atomic E-state index is 11.6. The average molecular weight is 271 g/mol. The third-order valence-corrected chi connectivity index (χ3v) is 3.85. The summed E-state index contributed by atoms with van der Waals surface area (Å²) in [6.07, 6.45) is 6.94. The zero-order valence-electron chi connectivity index (χ0n) is 12.6. The van der Waals surface area contributed by atoms with Crippen molar-refractivity contribution < 1.29 is 14.3 Å². The molecule has 1 N–H and O–H groups in total. The van der Waals surface area contributed by atoms with Crippen molar-refractivity contribution in [3.05, 3.63) is 0 Å². The fourth-order valence-electron chi connectivity index (χ4n) is 2.51. The Balaban J connectivity index is 2.21. The normalized spacial score (nSPS) is 25.0. The first-order valence-corrected chi connectivity index (χ1v) is 7.60. The summed E-state index contributed by atoms with van der Waals surface area (Å²) in [6.45, 7) is 5.86. The van der Waals surface area contributed by atoms with Crippen molar-refractivity contribution in [2.45, 2.75) is 64.5 Å². The van der Waals surface area contributed by atoms with Crippen molar-refractivity contribution in [3.8, 4) is 0 Å². The molecule has 0 aromatic carbocycles. The van der Waals surface area contributed by atoms with Crippen LogP contribution in [0.2, 0.25) is 0 Å². The van der Waals surface area contributed by atoms with E-state index in [1.54, 1.807) is 0 Å². The van der Waals surface area contributed by atoms with Crippen molar-refractivity contribution in [3.63, 3.8) is 0 Å². The van der Waals surface area contributed by atoms with Crippen LogP contribution >= 0.6 is 0 Å². The predicted octanol–water partition coefficient (Wildman–Crippen LogP) is 2.51. The topological polar surface area (TPSA) is 47.6 Å². The number of methoxy groups -OCH3 is 1. The summed E-state index contributed by atoms with van der Waals surface area (Å²) >= 11 is 0. The molecule has 4 heteroatoms. The van der Waals surface area contributed by atoms with Gasteiger partial charge in [0.1, 0.15) is 6.04 Å². The van der Waals surface area contributed by atoms with Gasteiger partial charge in [-0.15, -0.1) is 0 Å². The number of carbonyl (C=O) groups excluding carboxylic acids is 1. The summed E-state index contributed by atoms with van der Waals surface area (Å²) in [4.78, 5) is 11.6. The Morgan fingerprint density at radius 1 is 1.32 bits per heavy atom. The van der Waals surface area contributed by atoms with E-state index < -0.39 is 0 Å². The molecule has 0 aromatic rings. The molecule has 1 aliphatic carbocycles. The molecule has 0 amide bonds. The van der Waals surface area contributed by atoms with Crippen LogP contribution < -0.4 is 5.32 Å². The molecule has 0 aliphatic heterocycles. The van der Waals surface area contributed by atoms with Gasteiger partial charge in [-0.25, -0.2) is 0 Å². The highest BCUT2D eigenvalue weighted by Gasteiger charge is 2.21. The summed E-state index contributed by atoms with van der Waals surface area (Å²) in [5.41, 5.74) is 0. The fourth-order valence-corrected chi connectivity index (χ4v) is 2.51. The Labute approximate surface area is 117 Å². The highest BCUT2D eigenvalue weighted by molar-refractivity contribution is 5.75. The minimum atomic E-state index is -0.229. The summed E-state index contributed by atoms with van der Waals surface area (Å²) in [5.74, 6) is 0.656. The molecule has 112 valence electrons. The zero-order chi connectivity index (χ0) is 14.1. The lowest BCUT2D eigenvalue weighted by Gasteiger charge is -2.26. The van der Waals surface area contributed by atoms with Crippen LogP contribution in [-0.2, 0) is 14.3 Å². The molecule has 1 rings (SSSR count). The lowest BCUT2D eigenvalue weighted by atomic mass is 9.89. The Morgan fingerprint density at radius 3 is 2.58 bits per heavy atom. The molecule has 1 unspecified atom stereocenters. The van der Waals surface area contributed by atoms with Gasteiger partial charge in [-0.05, 0) is 51.0 Å². The SMILES string of the molecule is CCCNC(CCOC1CCC(C)CC1)C(=O)OC. The summed E-state index contributed by atoms with van der Waals surface area (Å²) in [5, 5.41) is 3.21. The van der Waals surface area contributed by atoms with Gasteiger partial charge < -0.3 is 14.8 Å². The van der Waals surface area contributed by atoms with Gasteiger partial charge in [-0.3, -0.25) is 4.79 Å². The third-order valence-electron chi connectivity index (χ3n) is 3.85. The highest BCUT2D eigenvalue weighted by Crippen LogP contribution is 2.25. The molecular formula is C15H29NO3. The Hall–Kier alpha value is -0.610. The summed E-state index contributed by atoms with van der Waals surface area (Å²) in [7, 11) is 1.44. The van der Waals surface area contributed by atoms with E-state index in [1.165, 1.54) is 20.0 Å². The first kappa shape index (κ1) is 16.4. The van der Waals surface area contributed by atoms with Crippen molar-refractivity contribution >= 4 is 5.97 Å². The van der Waals surface area contributed by atoms with Gasteiger partial charge in [0, 0.05) is 6.61 Å². The van der Waals surface area contributed by atoms with E-state index in [9.17, 15) is 4.79 Å². The number of hydrogen-bond acceptors (Lipinski definition) is 4. The van der Waals surface area contributed by atoms with Crippen molar-refractivity contribution in [1.82, 2.24) is 5.32 Å². The van der Waals surface area contributed by atoms with E-state index in [-0.39, 0.29) is 12.0 Å². The van der Waals surface area contributed by atoms with E-state index in [0.717, 1.165) is 31.7 Å². The monoisotopic (exact) mass is 271 g/mol. The second kappa shape index (κ2) is 9.32. The molecule has 0 heterocycles. The predicted molar refractivity (Wildman–Crippen MR) is 76.1 cm³/mol. The summed E-state index contributed by atoms with van der Waals surface area (Å²) < 4.78 is 10.7. The number of rotatable bonds is 8. The van der Waals surface area contributed by atoms with Gasteiger partial charge >= 0.3 is 5.97 Å². The van der Waals surface area contributed by atoms with Gasteiger partial charge in [-0.2, -0.15) is 0 Å². The first-order chi connectivity index (χ1) is 9.17. The average Bonchev–Trinajstić information content (AvgIpc) is 2.43. The van der Waals surface area contributed by atoms with Crippen LogP contribution in [0.25, 0.3) is 0 Å². The lowest BCUT2D eigenvalue weighted by Crippen LogP contribution is -2.39. The second-order valence-electron chi connectivity index (χ2n) is 5.57. The zero-order valence-corrected chi connectivity index (χ0v) is 12.6. The van der Waals surface area contributed by atoms with E-state index in [1.807, 2.05) is 0 Å². The molecule has 0 radical (unpaired) electrons. The smallest absolute Gasteiger partial charge is 0.322 e. The van der Waals surface area contributed by atoms with Gasteiger partial charge in [0.25, 0.3) is 0 Å². The van der Waals surface area contributed by atoms with E-state index in [0.29, 0.717) is 19.1 Å². The fraction of sp³-hybridized carbons (Fsp3) is 0.933. The van der Waals surface area contributed by atoms with Crippen LogP contribution in [0.15, 0.2) is 0 Å². The molecule has 0 aromatic heterocycles. The van der Waals surface area contributed by atoms with Crippen LogP contribution in [0.4, 0.5) is 0 Å². The van der Waals surface area contributed by atoms with Crippen molar-refractivity contribution in [1.29, 1.82) is 0 Å². The standard InChI is InChI=1S/C15H29NO3/c1-4-10-16-14(15(17)18-3)9-11-19-13-7-5-12(2)6-8-13/h12-14,16H,4-11H2,1-3H3. The van der Waals surface area contributed by atoms with Gasteiger partial charge in [0.05, 0.1) is 13.2 Å². The number of carbonyl (C=O) groups is 1. The third kappa shape index (κ3) is 6.39. The molecule has 0 spiro atoms. The van der Waals surface area contributed by atoms with Gasteiger partial charge in [-0.1, -0.05) is 13.8 Å². The molecule has 1 saturated carbocycles. The van der Waals surface area contributed by atoms with E-state index in [2.05, 4.69) is 19.2 Å². The molecule has 1 aliphatic rings. The Morgan fingerprint density at radius 2 is 2.00 bits per heavy atom. The quantitative estimate of drug-likeness (QED) is 0.689. The number of hydrogen-bond donors (Lipinski definition) is 1. The van der Waals surface area contributed by atoms with Crippen LogP contribution in [0, 0.1) is 5.92 Å². The Bertz CT molecular complexity index is 250. The van der Waals surface area contributed by atoms with Crippen molar-refractivity contribution in [2.75, 3.05) is 20.3 Å². The van der Waals surface area contributed by atoms with Crippen LogP contribution in [0.3, 0.4) is 0 Å². The lowest BCUT2D eigenvalue weighted by molar-refractivity contribution is -0.143. The molecule has 19 heavy (non-hydrogen) atoms. The van der Waals surface area contributed by atoms with Crippen LogP contribution in [0.5, 0.6) is 0 Å². The minimum Gasteiger partial charge on any atom is -0.468 e. The largest absolute Gasteiger partial charge is 0.468 e. The maximum atomic E-state index is 11.6. The van der Waals surface area contributed by atoms with E-state index in [4.69, 9.17) is 9.47 Å². The van der Waals surface area contributed by atoms with E-state index >= 15 is 0 Å². The Kier molecular flexibility index (Phi) is 8.07. The molecule has 1 fully saturated rings. The van der Waals surface area contributed by atoms with Crippen LogP contribution in [-0.4, -0.2) is 38.4 Å². The maximum Gasteiger partial charge on any atom is 0.322 e. The summed E-state index contributed by atoms with van der Waals surface area (Å²) in [6, 6.07) is -0.229.